The number of hydrogen-bond donors (Lipinski definition) is 1. The molecule has 1 aliphatic heterocycles. The van der Waals surface area contributed by atoms with Crippen LogP contribution in [0, 0.1) is 17.8 Å². The van der Waals surface area contributed by atoms with Gasteiger partial charge in [0, 0.05) is 19.0 Å². The van der Waals surface area contributed by atoms with E-state index in [1.54, 1.807) is 11.8 Å². The summed E-state index contributed by atoms with van der Waals surface area (Å²) in [7, 11) is 0. The molecule has 0 spiro atoms. The Hall–Kier alpha value is -1.59. The third-order valence-electron chi connectivity index (χ3n) is 4.48. The number of carbonyl (C=O) groups is 3. The number of rotatable bonds is 4. The minimum absolute atomic E-state index is 0.00717. The molecule has 0 bridgehead atoms. The molecule has 2 fully saturated rings. The second-order valence-corrected chi connectivity index (χ2v) is 5.92. The first-order valence-corrected chi connectivity index (χ1v) is 7.71. The lowest BCUT2D eigenvalue weighted by Gasteiger charge is -2.33. The Bertz CT molecular complexity index is 422. The molecule has 1 saturated carbocycles. The van der Waals surface area contributed by atoms with E-state index in [0.29, 0.717) is 39.0 Å². The van der Waals surface area contributed by atoms with Crippen LogP contribution < -0.4 is 0 Å². The van der Waals surface area contributed by atoms with Gasteiger partial charge in [-0.15, -0.1) is 0 Å². The molecule has 0 aromatic heterocycles. The molecule has 118 valence electrons. The van der Waals surface area contributed by atoms with Crippen molar-refractivity contribution in [3.05, 3.63) is 0 Å². The smallest absolute Gasteiger partial charge is 0.310 e. The second-order valence-electron chi connectivity index (χ2n) is 5.92. The van der Waals surface area contributed by atoms with Gasteiger partial charge in [0.2, 0.25) is 5.91 Å². The molecule has 6 heteroatoms. The number of amides is 1. The maximum atomic E-state index is 12.5. The standard InChI is InChI=1S/C15H23NO5/c1-2-21-15(20)12-4-3-7-16(9-12)13(17)10-5-6-11(8-10)14(18)19/h10-12H,2-9H2,1H3,(H,18,19)/t10-,11+,12?/m1/s1. The van der Waals surface area contributed by atoms with Gasteiger partial charge in [0.1, 0.15) is 0 Å². The summed E-state index contributed by atoms with van der Waals surface area (Å²) in [5.41, 5.74) is 0. The fourth-order valence-electron chi connectivity index (χ4n) is 3.32. The molecule has 2 rings (SSSR count). The van der Waals surface area contributed by atoms with E-state index in [9.17, 15) is 14.4 Å². The highest BCUT2D eigenvalue weighted by Gasteiger charge is 2.38. The van der Waals surface area contributed by atoms with Gasteiger partial charge in [-0.1, -0.05) is 0 Å². The van der Waals surface area contributed by atoms with Gasteiger partial charge in [0.25, 0.3) is 0 Å². The van der Waals surface area contributed by atoms with E-state index in [1.807, 2.05) is 0 Å². The average Bonchev–Trinajstić information content (AvgIpc) is 2.97. The Kier molecular flexibility index (Phi) is 5.20. The van der Waals surface area contributed by atoms with Crippen LogP contribution in [0.1, 0.15) is 39.0 Å². The molecule has 21 heavy (non-hydrogen) atoms. The number of aliphatic carboxylic acids is 1. The fourth-order valence-corrected chi connectivity index (χ4v) is 3.32. The summed E-state index contributed by atoms with van der Waals surface area (Å²) in [5.74, 6) is -1.87. The van der Waals surface area contributed by atoms with Crippen molar-refractivity contribution in [1.82, 2.24) is 4.90 Å². The predicted octanol–water partition coefficient (Wildman–Crippen LogP) is 1.29. The summed E-state index contributed by atoms with van der Waals surface area (Å²) in [6, 6.07) is 0. The molecule has 0 aromatic rings. The lowest BCUT2D eigenvalue weighted by Crippen LogP contribution is -2.45. The topological polar surface area (TPSA) is 83.9 Å². The molecule has 2 aliphatic rings. The third kappa shape index (κ3) is 3.74. The number of carbonyl (C=O) groups excluding carboxylic acids is 2. The van der Waals surface area contributed by atoms with Crippen LogP contribution in [-0.2, 0) is 19.1 Å². The Balaban J connectivity index is 1.90. The van der Waals surface area contributed by atoms with E-state index in [4.69, 9.17) is 9.84 Å². The van der Waals surface area contributed by atoms with Crippen molar-refractivity contribution in [2.45, 2.75) is 39.0 Å². The number of ether oxygens (including phenoxy) is 1. The maximum absolute atomic E-state index is 12.5. The quantitative estimate of drug-likeness (QED) is 0.790. The molecule has 1 unspecified atom stereocenters. The van der Waals surface area contributed by atoms with Crippen molar-refractivity contribution in [3.63, 3.8) is 0 Å². The predicted molar refractivity (Wildman–Crippen MR) is 74.4 cm³/mol. The molecule has 0 radical (unpaired) electrons. The summed E-state index contributed by atoms with van der Waals surface area (Å²) < 4.78 is 5.03. The van der Waals surface area contributed by atoms with Crippen molar-refractivity contribution in [2.24, 2.45) is 17.8 Å². The van der Waals surface area contributed by atoms with E-state index in [2.05, 4.69) is 0 Å². The lowest BCUT2D eigenvalue weighted by molar-refractivity contribution is -0.151. The van der Waals surface area contributed by atoms with Crippen molar-refractivity contribution in [1.29, 1.82) is 0 Å². The maximum Gasteiger partial charge on any atom is 0.310 e. The molecule has 3 atom stereocenters. The summed E-state index contributed by atoms with van der Waals surface area (Å²) in [6.45, 7) is 3.19. The van der Waals surface area contributed by atoms with Crippen molar-refractivity contribution in [2.75, 3.05) is 19.7 Å². The van der Waals surface area contributed by atoms with E-state index in [-0.39, 0.29) is 23.7 Å². The van der Waals surface area contributed by atoms with Gasteiger partial charge in [0.15, 0.2) is 0 Å². The summed E-state index contributed by atoms with van der Waals surface area (Å²) in [5, 5.41) is 9.01. The van der Waals surface area contributed by atoms with Crippen molar-refractivity contribution >= 4 is 17.8 Å². The first-order valence-electron chi connectivity index (χ1n) is 7.71. The number of esters is 1. The first-order chi connectivity index (χ1) is 10.0. The van der Waals surface area contributed by atoms with Gasteiger partial charge in [0.05, 0.1) is 18.4 Å². The van der Waals surface area contributed by atoms with E-state index < -0.39 is 11.9 Å². The molecule has 6 nitrogen and oxygen atoms in total. The number of likely N-dealkylation sites (tertiary alicyclic amines) is 1. The molecule has 1 amide bonds. The van der Waals surface area contributed by atoms with Crippen LogP contribution in [0.5, 0.6) is 0 Å². The highest BCUT2D eigenvalue weighted by atomic mass is 16.5. The van der Waals surface area contributed by atoms with E-state index in [1.165, 1.54) is 0 Å². The average molecular weight is 297 g/mol. The van der Waals surface area contributed by atoms with Gasteiger partial charge in [-0.05, 0) is 39.0 Å². The van der Waals surface area contributed by atoms with Crippen LogP contribution in [0.4, 0.5) is 0 Å². The monoisotopic (exact) mass is 297 g/mol. The van der Waals surface area contributed by atoms with Crippen LogP contribution in [0.25, 0.3) is 0 Å². The number of hydrogen-bond acceptors (Lipinski definition) is 4. The number of nitrogens with zero attached hydrogens (tertiary/aromatic N) is 1. The Morgan fingerprint density at radius 2 is 1.86 bits per heavy atom. The van der Waals surface area contributed by atoms with Crippen molar-refractivity contribution < 1.29 is 24.2 Å². The summed E-state index contributed by atoms with van der Waals surface area (Å²) in [6.07, 6.45) is 3.18. The zero-order chi connectivity index (χ0) is 15.4. The largest absolute Gasteiger partial charge is 0.481 e. The summed E-state index contributed by atoms with van der Waals surface area (Å²) >= 11 is 0. The minimum Gasteiger partial charge on any atom is -0.481 e. The Morgan fingerprint density at radius 1 is 1.14 bits per heavy atom. The number of carboxylic acids is 1. The van der Waals surface area contributed by atoms with Crippen molar-refractivity contribution in [3.8, 4) is 0 Å². The van der Waals surface area contributed by atoms with E-state index >= 15 is 0 Å². The SMILES string of the molecule is CCOC(=O)C1CCCN(C(=O)[C@@H]2CC[C@H](C(=O)O)C2)C1. The Morgan fingerprint density at radius 3 is 2.48 bits per heavy atom. The number of piperidine rings is 1. The van der Waals surface area contributed by atoms with Gasteiger partial charge in [-0.2, -0.15) is 0 Å². The highest BCUT2D eigenvalue weighted by molar-refractivity contribution is 5.82. The zero-order valence-corrected chi connectivity index (χ0v) is 12.4. The molecule has 1 N–H and O–H groups in total. The minimum atomic E-state index is -0.812. The Labute approximate surface area is 124 Å². The normalized spacial score (nSPS) is 29.2. The summed E-state index contributed by atoms with van der Waals surface area (Å²) in [4.78, 5) is 37.0. The first kappa shape index (κ1) is 15.8. The molecular weight excluding hydrogens is 274 g/mol. The van der Waals surface area contributed by atoms with Crippen LogP contribution in [-0.4, -0.2) is 47.5 Å². The molecule has 1 aliphatic carbocycles. The zero-order valence-electron chi connectivity index (χ0n) is 12.4. The van der Waals surface area contributed by atoms with Crippen LogP contribution in [0.3, 0.4) is 0 Å². The lowest BCUT2D eigenvalue weighted by atomic mass is 9.96. The van der Waals surface area contributed by atoms with Crippen LogP contribution >= 0.6 is 0 Å². The van der Waals surface area contributed by atoms with Gasteiger partial charge >= 0.3 is 11.9 Å². The van der Waals surface area contributed by atoms with E-state index in [0.717, 1.165) is 12.8 Å². The van der Waals surface area contributed by atoms with Gasteiger partial charge in [-0.25, -0.2) is 0 Å². The number of carboxylic acid groups (broad SMARTS) is 1. The molecule has 0 aromatic carbocycles. The van der Waals surface area contributed by atoms with Crippen LogP contribution in [0.15, 0.2) is 0 Å². The fraction of sp³-hybridized carbons (Fsp3) is 0.800. The highest BCUT2D eigenvalue weighted by Crippen LogP contribution is 2.33. The molecule has 1 heterocycles. The molecule has 1 saturated heterocycles. The van der Waals surface area contributed by atoms with Gasteiger partial charge in [-0.3, -0.25) is 14.4 Å². The van der Waals surface area contributed by atoms with Gasteiger partial charge < -0.3 is 14.7 Å². The van der Waals surface area contributed by atoms with Crippen LogP contribution in [0.2, 0.25) is 0 Å². The molecular formula is C15H23NO5. The third-order valence-corrected chi connectivity index (χ3v) is 4.48. The second kappa shape index (κ2) is 6.91.